The molecule has 7 heteroatoms. The Morgan fingerprint density at radius 2 is 2.05 bits per heavy atom. The van der Waals surface area contributed by atoms with Crippen LogP contribution >= 0.6 is 0 Å². The number of halogens is 2. The maximum absolute atomic E-state index is 13.3. The standard InChI is InChI=1S/C13H16F2N2O3/c1-17(6-5-13(19)20-2)8-12(18)16-11-4-3-9(14)7-10(11)15/h3-4,7H,5-6,8H2,1-2H3,(H,16,18). The van der Waals surface area contributed by atoms with Crippen LogP contribution < -0.4 is 5.32 Å². The topological polar surface area (TPSA) is 58.6 Å². The molecule has 0 saturated heterocycles. The Bertz CT molecular complexity index is 495. The van der Waals surface area contributed by atoms with Gasteiger partial charge in [-0.1, -0.05) is 0 Å². The van der Waals surface area contributed by atoms with Crippen molar-refractivity contribution in [2.75, 3.05) is 32.6 Å². The first-order chi connectivity index (χ1) is 9.42. The third-order valence-corrected chi connectivity index (χ3v) is 2.54. The van der Waals surface area contributed by atoms with Gasteiger partial charge in [0, 0.05) is 12.6 Å². The zero-order valence-corrected chi connectivity index (χ0v) is 11.3. The molecular formula is C13H16F2N2O3. The minimum absolute atomic E-state index is 0.0200. The zero-order chi connectivity index (χ0) is 15.1. The lowest BCUT2D eigenvalue weighted by Crippen LogP contribution is -2.32. The van der Waals surface area contributed by atoms with E-state index in [9.17, 15) is 18.4 Å². The fraction of sp³-hybridized carbons (Fsp3) is 0.385. The lowest BCUT2D eigenvalue weighted by atomic mass is 10.3. The van der Waals surface area contributed by atoms with Crippen molar-refractivity contribution >= 4 is 17.6 Å². The van der Waals surface area contributed by atoms with Crippen LogP contribution in [0.25, 0.3) is 0 Å². The molecule has 0 aromatic heterocycles. The molecule has 0 fully saturated rings. The minimum atomic E-state index is -0.837. The van der Waals surface area contributed by atoms with Gasteiger partial charge in [0.25, 0.3) is 0 Å². The number of esters is 1. The van der Waals surface area contributed by atoms with Crippen molar-refractivity contribution < 1.29 is 23.1 Å². The van der Waals surface area contributed by atoms with Crippen LogP contribution in [-0.2, 0) is 14.3 Å². The Kier molecular flexibility index (Phi) is 6.05. The van der Waals surface area contributed by atoms with Gasteiger partial charge < -0.3 is 10.1 Å². The summed E-state index contributed by atoms with van der Waals surface area (Å²) in [4.78, 5) is 24.2. The van der Waals surface area contributed by atoms with E-state index < -0.39 is 17.5 Å². The molecule has 1 N–H and O–H groups in total. The fourth-order valence-corrected chi connectivity index (χ4v) is 1.49. The second kappa shape index (κ2) is 7.54. The molecule has 0 aliphatic carbocycles. The highest BCUT2D eigenvalue weighted by Crippen LogP contribution is 2.14. The Labute approximate surface area is 115 Å². The number of amides is 1. The Hall–Kier alpha value is -2.02. The summed E-state index contributed by atoms with van der Waals surface area (Å²) in [6, 6.07) is 2.90. The molecule has 1 aromatic rings. The molecule has 0 radical (unpaired) electrons. The average molecular weight is 286 g/mol. The summed E-state index contributed by atoms with van der Waals surface area (Å²) >= 11 is 0. The number of hydrogen-bond acceptors (Lipinski definition) is 4. The van der Waals surface area contributed by atoms with Crippen LogP contribution in [0.3, 0.4) is 0 Å². The van der Waals surface area contributed by atoms with Crippen LogP contribution in [0.2, 0.25) is 0 Å². The maximum Gasteiger partial charge on any atom is 0.306 e. The number of ether oxygens (including phenoxy) is 1. The van der Waals surface area contributed by atoms with Crippen molar-refractivity contribution in [2.45, 2.75) is 6.42 Å². The van der Waals surface area contributed by atoms with E-state index in [0.717, 1.165) is 12.1 Å². The fourth-order valence-electron chi connectivity index (χ4n) is 1.49. The second-order valence-electron chi connectivity index (χ2n) is 4.24. The smallest absolute Gasteiger partial charge is 0.306 e. The Morgan fingerprint density at radius 1 is 1.35 bits per heavy atom. The number of methoxy groups -OCH3 is 1. The molecule has 5 nitrogen and oxygen atoms in total. The normalized spacial score (nSPS) is 10.4. The predicted molar refractivity (Wildman–Crippen MR) is 69.1 cm³/mol. The van der Waals surface area contributed by atoms with Gasteiger partial charge in [-0.25, -0.2) is 8.78 Å². The summed E-state index contributed by atoms with van der Waals surface area (Å²) in [6.45, 7) is 0.319. The van der Waals surface area contributed by atoms with E-state index in [0.29, 0.717) is 12.6 Å². The molecule has 0 bridgehead atoms. The molecule has 110 valence electrons. The monoisotopic (exact) mass is 286 g/mol. The van der Waals surface area contributed by atoms with Crippen LogP contribution in [0.4, 0.5) is 14.5 Å². The highest BCUT2D eigenvalue weighted by Gasteiger charge is 2.11. The summed E-state index contributed by atoms with van der Waals surface area (Å²) in [5.41, 5.74) is -0.0854. The predicted octanol–water partition coefficient (Wildman–Crippen LogP) is 1.40. The Balaban J connectivity index is 2.45. The van der Waals surface area contributed by atoms with Gasteiger partial charge in [-0.3, -0.25) is 14.5 Å². The van der Waals surface area contributed by atoms with Gasteiger partial charge in [-0.2, -0.15) is 0 Å². The molecule has 1 amide bonds. The number of carbonyl (C=O) groups is 2. The summed E-state index contributed by atoms with van der Waals surface area (Å²) in [5, 5.41) is 2.33. The number of nitrogens with zero attached hydrogens (tertiary/aromatic N) is 1. The van der Waals surface area contributed by atoms with E-state index in [4.69, 9.17) is 0 Å². The first-order valence-electron chi connectivity index (χ1n) is 5.92. The van der Waals surface area contributed by atoms with Crippen LogP contribution in [0, 0.1) is 11.6 Å². The largest absolute Gasteiger partial charge is 0.469 e. The molecule has 1 aromatic carbocycles. The van der Waals surface area contributed by atoms with Crippen molar-refractivity contribution in [3.05, 3.63) is 29.8 Å². The van der Waals surface area contributed by atoms with E-state index in [1.807, 2.05) is 0 Å². The van der Waals surface area contributed by atoms with E-state index in [2.05, 4.69) is 10.1 Å². The molecule has 0 saturated carbocycles. The zero-order valence-electron chi connectivity index (χ0n) is 11.3. The first kappa shape index (κ1) is 16.0. The minimum Gasteiger partial charge on any atom is -0.469 e. The molecule has 20 heavy (non-hydrogen) atoms. The average Bonchev–Trinajstić information content (AvgIpc) is 2.39. The summed E-state index contributed by atoms with van der Waals surface area (Å²) < 4.78 is 30.5. The second-order valence-corrected chi connectivity index (χ2v) is 4.24. The maximum atomic E-state index is 13.3. The summed E-state index contributed by atoms with van der Waals surface area (Å²) in [5.74, 6) is -2.38. The molecule has 0 aliphatic heterocycles. The summed E-state index contributed by atoms with van der Waals surface area (Å²) in [7, 11) is 2.93. The van der Waals surface area contributed by atoms with E-state index >= 15 is 0 Å². The molecule has 1 rings (SSSR count). The van der Waals surface area contributed by atoms with Crippen molar-refractivity contribution in [2.24, 2.45) is 0 Å². The third kappa shape index (κ3) is 5.31. The van der Waals surface area contributed by atoms with Gasteiger partial charge in [-0.05, 0) is 19.2 Å². The number of hydrogen-bond donors (Lipinski definition) is 1. The van der Waals surface area contributed by atoms with Crippen molar-refractivity contribution in [3.8, 4) is 0 Å². The van der Waals surface area contributed by atoms with Crippen LogP contribution in [0.5, 0.6) is 0 Å². The number of likely N-dealkylation sites (N-methyl/N-ethyl adjacent to an activating group) is 1. The highest BCUT2D eigenvalue weighted by atomic mass is 19.1. The van der Waals surface area contributed by atoms with Gasteiger partial charge in [0.05, 0.1) is 25.8 Å². The summed E-state index contributed by atoms with van der Waals surface area (Å²) in [6.07, 6.45) is 0.158. The van der Waals surface area contributed by atoms with Gasteiger partial charge in [0.15, 0.2) is 0 Å². The number of carbonyl (C=O) groups excluding carboxylic acids is 2. The van der Waals surface area contributed by atoms with E-state index in [1.54, 1.807) is 11.9 Å². The SMILES string of the molecule is COC(=O)CCN(C)CC(=O)Nc1ccc(F)cc1F. The van der Waals surface area contributed by atoms with Gasteiger partial charge in [0.2, 0.25) is 5.91 Å². The van der Waals surface area contributed by atoms with Crippen molar-refractivity contribution in [1.29, 1.82) is 0 Å². The lowest BCUT2D eigenvalue weighted by Gasteiger charge is -2.15. The lowest BCUT2D eigenvalue weighted by molar-refractivity contribution is -0.141. The first-order valence-corrected chi connectivity index (χ1v) is 5.92. The van der Waals surface area contributed by atoms with Crippen LogP contribution in [0.1, 0.15) is 6.42 Å². The van der Waals surface area contributed by atoms with Gasteiger partial charge in [0.1, 0.15) is 11.6 Å². The van der Waals surface area contributed by atoms with Gasteiger partial charge >= 0.3 is 5.97 Å². The molecule has 0 atom stereocenters. The number of anilines is 1. The van der Waals surface area contributed by atoms with Crippen LogP contribution in [-0.4, -0.2) is 44.0 Å². The van der Waals surface area contributed by atoms with Crippen molar-refractivity contribution in [1.82, 2.24) is 4.90 Å². The molecule has 0 spiro atoms. The highest BCUT2D eigenvalue weighted by molar-refractivity contribution is 5.92. The van der Waals surface area contributed by atoms with Gasteiger partial charge in [-0.15, -0.1) is 0 Å². The van der Waals surface area contributed by atoms with E-state index in [1.165, 1.54) is 7.11 Å². The number of rotatable bonds is 6. The molecule has 0 aliphatic rings. The van der Waals surface area contributed by atoms with Crippen LogP contribution in [0.15, 0.2) is 18.2 Å². The molecule has 0 heterocycles. The molecule has 0 unspecified atom stereocenters. The Morgan fingerprint density at radius 3 is 2.65 bits per heavy atom. The number of benzene rings is 1. The molecular weight excluding hydrogens is 270 g/mol. The quantitative estimate of drug-likeness (QED) is 0.803. The number of nitrogens with one attached hydrogen (secondary N) is 1. The third-order valence-electron chi connectivity index (χ3n) is 2.54. The van der Waals surface area contributed by atoms with Crippen molar-refractivity contribution in [3.63, 3.8) is 0 Å². The van der Waals surface area contributed by atoms with E-state index in [-0.39, 0.29) is 24.6 Å².